The predicted molar refractivity (Wildman–Crippen MR) is 85.2 cm³/mol. The highest BCUT2D eigenvalue weighted by Gasteiger charge is 2.31. The lowest BCUT2D eigenvalue weighted by Crippen LogP contribution is -2.39. The van der Waals surface area contributed by atoms with Crippen molar-refractivity contribution < 1.29 is 14.6 Å². The molecule has 5 nitrogen and oxygen atoms in total. The molecule has 2 aromatic rings. The largest absolute Gasteiger partial charge is 0.497 e. The number of aromatic nitrogens is 1. The van der Waals surface area contributed by atoms with E-state index in [9.17, 15) is 9.90 Å². The van der Waals surface area contributed by atoms with Crippen molar-refractivity contribution in [2.45, 2.75) is 25.8 Å². The summed E-state index contributed by atoms with van der Waals surface area (Å²) in [6.07, 6.45) is 3.92. The molecule has 118 valence electrons. The van der Waals surface area contributed by atoms with Crippen LogP contribution >= 0.6 is 0 Å². The van der Waals surface area contributed by atoms with Crippen molar-refractivity contribution in [2.24, 2.45) is 5.92 Å². The van der Waals surface area contributed by atoms with Crippen LogP contribution in [0.25, 0.3) is 10.9 Å². The van der Waals surface area contributed by atoms with E-state index in [4.69, 9.17) is 4.74 Å². The third kappa shape index (κ3) is 2.68. The molecule has 1 aromatic carbocycles. The number of piperidine rings is 1. The fourth-order valence-corrected chi connectivity index (χ4v) is 3.25. The van der Waals surface area contributed by atoms with E-state index in [1.165, 1.54) is 0 Å². The number of fused-ring (bicyclic) bond motifs is 1. The summed E-state index contributed by atoms with van der Waals surface area (Å²) >= 11 is 0. The number of aliphatic carboxylic acids is 1. The van der Waals surface area contributed by atoms with Crippen LogP contribution in [0.5, 0.6) is 5.75 Å². The van der Waals surface area contributed by atoms with Crippen LogP contribution in [0.2, 0.25) is 0 Å². The SMILES string of the molecule is COc1ccc2[nH]cc(C(C(=O)O)N3CCC(C)CC3)c2c1. The molecule has 22 heavy (non-hydrogen) atoms. The zero-order valence-corrected chi connectivity index (χ0v) is 13.0. The van der Waals surface area contributed by atoms with Crippen LogP contribution in [0.4, 0.5) is 0 Å². The maximum atomic E-state index is 11.9. The van der Waals surface area contributed by atoms with Gasteiger partial charge in [-0.25, -0.2) is 0 Å². The van der Waals surface area contributed by atoms with Crippen molar-refractivity contribution in [2.75, 3.05) is 20.2 Å². The molecule has 0 aliphatic carbocycles. The second kappa shape index (κ2) is 6.01. The topological polar surface area (TPSA) is 65.6 Å². The van der Waals surface area contributed by atoms with E-state index >= 15 is 0 Å². The lowest BCUT2D eigenvalue weighted by Gasteiger charge is -2.34. The second-order valence-corrected chi connectivity index (χ2v) is 6.11. The third-order valence-electron chi connectivity index (χ3n) is 4.63. The molecule has 1 saturated heterocycles. The Labute approximate surface area is 129 Å². The first kappa shape index (κ1) is 14.9. The molecule has 1 unspecified atom stereocenters. The van der Waals surface area contributed by atoms with Gasteiger partial charge >= 0.3 is 5.97 Å². The number of hydrogen-bond donors (Lipinski definition) is 2. The Balaban J connectivity index is 1.99. The third-order valence-corrected chi connectivity index (χ3v) is 4.63. The second-order valence-electron chi connectivity index (χ2n) is 6.11. The number of carbonyl (C=O) groups is 1. The van der Waals surface area contributed by atoms with Crippen LogP contribution < -0.4 is 4.74 Å². The number of rotatable bonds is 4. The maximum Gasteiger partial charge on any atom is 0.325 e. The lowest BCUT2D eigenvalue weighted by molar-refractivity contribution is -0.144. The first-order chi connectivity index (χ1) is 10.6. The van der Waals surface area contributed by atoms with Gasteiger partial charge in [-0.1, -0.05) is 6.92 Å². The maximum absolute atomic E-state index is 11.9. The molecule has 2 heterocycles. The summed E-state index contributed by atoms with van der Waals surface area (Å²) in [6, 6.07) is 5.10. The Hall–Kier alpha value is -2.01. The zero-order valence-electron chi connectivity index (χ0n) is 13.0. The number of nitrogens with zero attached hydrogens (tertiary/aromatic N) is 1. The summed E-state index contributed by atoms with van der Waals surface area (Å²) in [4.78, 5) is 17.1. The molecule has 0 bridgehead atoms. The van der Waals surface area contributed by atoms with Gasteiger partial charge in [0.2, 0.25) is 0 Å². The fraction of sp³-hybridized carbons (Fsp3) is 0.471. The molecule has 1 aliphatic rings. The van der Waals surface area contributed by atoms with Crippen molar-refractivity contribution in [3.8, 4) is 5.75 Å². The van der Waals surface area contributed by atoms with E-state index in [1.54, 1.807) is 7.11 Å². The van der Waals surface area contributed by atoms with Crippen molar-refractivity contribution in [1.82, 2.24) is 9.88 Å². The Morgan fingerprint density at radius 2 is 2.14 bits per heavy atom. The van der Waals surface area contributed by atoms with Crippen molar-refractivity contribution in [1.29, 1.82) is 0 Å². The minimum absolute atomic E-state index is 0.603. The lowest BCUT2D eigenvalue weighted by atomic mass is 9.95. The molecule has 0 radical (unpaired) electrons. The molecule has 1 aromatic heterocycles. The normalized spacial score (nSPS) is 18.5. The van der Waals surface area contributed by atoms with Crippen LogP contribution in [0.15, 0.2) is 24.4 Å². The monoisotopic (exact) mass is 302 g/mol. The number of benzene rings is 1. The molecule has 2 N–H and O–H groups in total. The van der Waals surface area contributed by atoms with Gasteiger partial charge in [0.1, 0.15) is 11.8 Å². The fourth-order valence-electron chi connectivity index (χ4n) is 3.25. The van der Waals surface area contributed by atoms with Gasteiger partial charge in [-0.15, -0.1) is 0 Å². The number of carboxylic acid groups (broad SMARTS) is 1. The van der Waals surface area contributed by atoms with Crippen molar-refractivity contribution in [3.63, 3.8) is 0 Å². The van der Waals surface area contributed by atoms with Gasteiger partial charge in [-0.3, -0.25) is 9.69 Å². The van der Waals surface area contributed by atoms with E-state index in [0.29, 0.717) is 5.92 Å². The van der Waals surface area contributed by atoms with E-state index in [2.05, 4.69) is 16.8 Å². The highest BCUT2D eigenvalue weighted by atomic mass is 16.5. The number of hydrogen-bond acceptors (Lipinski definition) is 3. The van der Waals surface area contributed by atoms with E-state index < -0.39 is 12.0 Å². The minimum Gasteiger partial charge on any atom is -0.497 e. The summed E-state index contributed by atoms with van der Waals surface area (Å²) < 4.78 is 5.27. The molecule has 0 saturated carbocycles. The molecule has 1 aliphatic heterocycles. The average molecular weight is 302 g/mol. The van der Waals surface area contributed by atoms with Crippen LogP contribution in [0.1, 0.15) is 31.4 Å². The number of methoxy groups -OCH3 is 1. The van der Waals surface area contributed by atoms with Crippen LogP contribution in [0, 0.1) is 5.92 Å². The first-order valence-electron chi connectivity index (χ1n) is 7.72. The number of likely N-dealkylation sites (tertiary alicyclic amines) is 1. The van der Waals surface area contributed by atoms with Crippen molar-refractivity contribution >= 4 is 16.9 Å². The molecule has 0 spiro atoms. The molecular weight excluding hydrogens is 280 g/mol. The predicted octanol–water partition coefficient (Wildman–Crippen LogP) is 3.03. The number of carboxylic acids is 1. The summed E-state index contributed by atoms with van der Waals surface area (Å²) in [6.45, 7) is 3.88. The minimum atomic E-state index is -0.793. The Morgan fingerprint density at radius 1 is 1.41 bits per heavy atom. The Kier molecular flexibility index (Phi) is 4.07. The first-order valence-corrected chi connectivity index (χ1v) is 7.72. The summed E-state index contributed by atoms with van der Waals surface area (Å²) in [5, 5.41) is 10.7. The molecule has 3 rings (SSSR count). The summed E-state index contributed by atoms with van der Waals surface area (Å²) in [5.74, 6) is 0.622. The highest BCUT2D eigenvalue weighted by molar-refractivity contribution is 5.90. The number of ether oxygens (including phenoxy) is 1. The quantitative estimate of drug-likeness (QED) is 0.911. The molecule has 0 amide bonds. The Bertz CT molecular complexity index is 672. The van der Waals surface area contributed by atoms with E-state index in [1.807, 2.05) is 24.4 Å². The van der Waals surface area contributed by atoms with Gasteiger partial charge in [-0.05, 0) is 50.0 Å². The van der Waals surface area contributed by atoms with Gasteiger partial charge in [0.05, 0.1) is 7.11 Å². The summed E-state index contributed by atoms with van der Waals surface area (Å²) in [7, 11) is 1.62. The van der Waals surface area contributed by atoms with Crippen LogP contribution in [-0.4, -0.2) is 41.2 Å². The molecule has 5 heteroatoms. The Morgan fingerprint density at radius 3 is 2.77 bits per heavy atom. The molecule has 1 fully saturated rings. The summed E-state index contributed by atoms with van der Waals surface area (Å²) in [5.41, 5.74) is 1.75. The zero-order chi connectivity index (χ0) is 15.7. The van der Waals surface area contributed by atoms with Gasteiger partial charge < -0.3 is 14.8 Å². The van der Waals surface area contributed by atoms with Crippen LogP contribution in [-0.2, 0) is 4.79 Å². The standard InChI is InChI=1S/C17H22N2O3/c1-11-5-7-19(8-6-11)16(17(20)21)14-10-18-15-4-3-12(22-2)9-13(14)15/h3-4,9-11,16,18H,5-8H2,1-2H3,(H,20,21). The number of H-pyrrole nitrogens is 1. The number of aromatic amines is 1. The van der Waals surface area contributed by atoms with Gasteiger partial charge in [0.25, 0.3) is 0 Å². The average Bonchev–Trinajstić information content (AvgIpc) is 2.92. The van der Waals surface area contributed by atoms with Crippen LogP contribution in [0.3, 0.4) is 0 Å². The smallest absolute Gasteiger partial charge is 0.325 e. The number of nitrogens with one attached hydrogen (secondary N) is 1. The van der Waals surface area contributed by atoms with Gasteiger partial charge in [0, 0.05) is 22.7 Å². The molecule has 1 atom stereocenters. The van der Waals surface area contributed by atoms with Crippen molar-refractivity contribution in [3.05, 3.63) is 30.0 Å². The van der Waals surface area contributed by atoms with E-state index in [-0.39, 0.29) is 0 Å². The highest BCUT2D eigenvalue weighted by Crippen LogP contribution is 2.33. The molecular formula is C17H22N2O3. The van der Waals surface area contributed by atoms with Gasteiger partial charge in [0.15, 0.2) is 0 Å². The van der Waals surface area contributed by atoms with E-state index in [0.717, 1.165) is 48.1 Å². The van der Waals surface area contributed by atoms with Gasteiger partial charge in [-0.2, -0.15) is 0 Å².